The fourth-order valence-electron chi connectivity index (χ4n) is 2.25. The smallest absolute Gasteiger partial charge is 0.228 e. The zero-order valence-corrected chi connectivity index (χ0v) is 10.3. The monoisotopic (exact) mass is 229 g/mol. The van der Waals surface area contributed by atoms with E-state index in [1.165, 1.54) is 0 Å². The third-order valence-electron chi connectivity index (χ3n) is 3.21. The Bertz CT molecular complexity index is 220. The second-order valence-electron chi connectivity index (χ2n) is 4.21. The van der Waals surface area contributed by atoms with Gasteiger partial charge in [-0.05, 0) is 26.2 Å². The van der Waals surface area contributed by atoms with E-state index in [1.54, 1.807) is 0 Å². The normalized spacial score (nSPS) is 24.7. The van der Waals surface area contributed by atoms with Crippen LogP contribution in [0.3, 0.4) is 0 Å². The maximum atomic E-state index is 12.2. The molecule has 1 aliphatic heterocycles. The Morgan fingerprint density at radius 2 is 2.25 bits per heavy atom. The van der Waals surface area contributed by atoms with Gasteiger partial charge in [-0.3, -0.25) is 4.79 Å². The minimum absolute atomic E-state index is 0.0312. The second kappa shape index (κ2) is 6.86. The van der Waals surface area contributed by atoms with Crippen molar-refractivity contribution in [3.05, 3.63) is 0 Å². The lowest BCUT2D eigenvalue weighted by Gasteiger charge is -2.26. The van der Waals surface area contributed by atoms with Crippen LogP contribution < -0.4 is 0 Å². The van der Waals surface area contributed by atoms with Gasteiger partial charge in [0.25, 0.3) is 0 Å². The van der Waals surface area contributed by atoms with Gasteiger partial charge in [0.2, 0.25) is 5.91 Å². The first kappa shape index (κ1) is 13.5. The highest BCUT2D eigenvalue weighted by Crippen LogP contribution is 2.25. The first-order valence-corrected chi connectivity index (χ1v) is 6.25. The number of aliphatic hydroxyl groups is 1. The number of hydrogen-bond donors (Lipinski definition) is 1. The van der Waals surface area contributed by atoms with Crippen molar-refractivity contribution in [2.45, 2.75) is 39.2 Å². The molecule has 16 heavy (non-hydrogen) atoms. The van der Waals surface area contributed by atoms with E-state index in [2.05, 4.69) is 6.92 Å². The Morgan fingerprint density at radius 1 is 1.50 bits per heavy atom. The largest absolute Gasteiger partial charge is 0.396 e. The molecule has 0 spiro atoms. The summed E-state index contributed by atoms with van der Waals surface area (Å²) in [6.45, 7) is 6.24. The van der Waals surface area contributed by atoms with Crippen LogP contribution in [0.25, 0.3) is 0 Å². The van der Waals surface area contributed by atoms with Crippen LogP contribution >= 0.6 is 0 Å². The van der Waals surface area contributed by atoms with Crippen LogP contribution in [-0.2, 0) is 9.53 Å². The molecule has 1 fully saturated rings. The van der Waals surface area contributed by atoms with Crippen molar-refractivity contribution in [3.8, 4) is 0 Å². The van der Waals surface area contributed by atoms with E-state index in [0.717, 1.165) is 12.8 Å². The number of carbonyl (C=O) groups excluding carboxylic acids is 1. The molecule has 2 unspecified atom stereocenters. The topological polar surface area (TPSA) is 49.8 Å². The molecule has 1 saturated heterocycles. The standard InChI is InChI=1S/C12H23NO3/c1-3-11-10(6-9-16-11)12(15)13(4-2)7-5-8-14/h10-11,14H,3-9H2,1-2H3. The van der Waals surface area contributed by atoms with E-state index in [4.69, 9.17) is 9.84 Å². The molecule has 0 bridgehead atoms. The summed E-state index contributed by atoms with van der Waals surface area (Å²) in [6, 6.07) is 0. The summed E-state index contributed by atoms with van der Waals surface area (Å²) in [5.41, 5.74) is 0. The van der Waals surface area contributed by atoms with Crippen LogP contribution in [0.4, 0.5) is 0 Å². The molecule has 0 saturated carbocycles. The number of amides is 1. The average molecular weight is 229 g/mol. The van der Waals surface area contributed by atoms with Crippen molar-refractivity contribution >= 4 is 5.91 Å². The Labute approximate surface area is 97.6 Å². The molecule has 0 radical (unpaired) electrons. The van der Waals surface area contributed by atoms with Gasteiger partial charge in [-0.1, -0.05) is 6.92 Å². The zero-order chi connectivity index (χ0) is 12.0. The molecule has 94 valence electrons. The maximum absolute atomic E-state index is 12.2. The molecular formula is C12H23NO3. The fourth-order valence-corrected chi connectivity index (χ4v) is 2.25. The van der Waals surface area contributed by atoms with Crippen LogP contribution in [0.15, 0.2) is 0 Å². The number of hydrogen-bond acceptors (Lipinski definition) is 3. The molecule has 4 heteroatoms. The van der Waals surface area contributed by atoms with Crippen molar-refractivity contribution in [2.75, 3.05) is 26.3 Å². The van der Waals surface area contributed by atoms with E-state index in [1.807, 2.05) is 11.8 Å². The Hall–Kier alpha value is -0.610. The minimum Gasteiger partial charge on any atom is -0.396 e. The predicted molar refractivity (Wildman–Crippen MR) is 62.1 cm³/mol. The second-order valence-corrected chi connectivity index (χ2v) is 4.21. The van der Waals surface area contributed by atoms with E-state index < -0.39 is 0 Å². The molecule has 2 atom stereocenters. The third kappa shape index (κ3) is 3.19. The molecule has 1 N–H and O–H groups in total. The van der Waals surface area contributed by atoms with Crippen molar-refractivity contribution in [2.24, 2.45) is 5.92 Å². The van der Waals surface area contributed by atoms with Crippen LogP contribution in [0, 0.1) is 5.92 Å². The van der Waals surface area contributed by atoms with Gasteiger partial charge in [-0.2, -0.15) is 0 Å². The molecule has 4 nitrogen and oxygen atoms in total. The first-order valence-electron chi connectivity index (χ1n) is 6.25. The lowest BCUT2D eigenvalue weighted by molar-refractivity contribution is -0.137. The summed E-state index contributed by atoms with van der Waals surface area (Å²) in [7, 11) is 0. The first-order chi connectivity index (χ1) is 7.74. The van der Waals surface area contributed by atoms with Crippen LogP contribution in [-0.4, -0.2) is 48.3 Å². The predicted octanol–water partition coefficient (Wildman–Crippen LogP) is 1.03. The number of aliphatic hydroxyl groups excluding tert-OH is 1. The van der Waals surface area contributed by atoms with E-state index in [0.29, 0.717) is 26.1 Å². The summed E-state index contributed by atoms with van der Waals surface area (Å²) in [5.74, 6) is 0.226. The van der Waals surface area contributed by atoms with Crippen molar-refractivity contribution in [3.63, 3.8) is 0 Å². The minimum atomic E-state index is 0.0312. The molecule has 1 aliphatic rings. The molecule has 1 rings (SSSR count). The molecule has 1 heterocycles. The van der Waals surface area contributed by atoms with Crippen molar-refractivity contribution < 1.29 is 14.6 Å². The number of carbonyl (C=O) groups is 1. The SMILES string of the molecule is CCC1OCCC1C(=O)N(CC)CCCO. The molecular weight excluding hydrogens is 206 g/mol. The van der Waals surface area contributed by atoms with Gasteiger partial charge >= 0.3 is 0 Å². The molecule has 0 aromatic carbocycles. The molecule has 0 aliphatic carbocycles. The van der Waals surface area contributed by atoms with Gasteiger partial charge in [0.05, 0.1) is 12.0 Å². The van der Waals surface area contributed by atoms with Crippen LogP contribution in [0.1, 0.15) is 33.1 Å². The van der Waals surface area contributed by atoms with Gasteiger partial charge < -0.3 is 14.7 Å². The Kier molecular flexibility index (Phi) is 5.77. The van der Waals surface area contributed by atoms with E-state index in [-0.39, 0.29) is 24.5 Å². The van der Waals surface area contributed by atoms with Crippen molar-refractivity contribution in [1.82, 2.24) is 4.90 Å². The average Bonchev–Trinajstić information content (AvgIpc) is 2.77. The Balaban J connectivity index is 2.52. The lowest BCUT2D eigenvalue weighted by Crippen LogP contribution is -2.39. The van der Waals surface area contributed by atoms with E-state index in [9.17, 15) is 4.79 Å². The van der Waals surface area contributed by atoms with E-state index >= 15 is 0 Å². The maximum Gasteiger partial charge on any atom is 0.228 e. The van der Waals surface area contributed by atoms with Gasteiger partial charge in [-0.25, -0.2) is 0 Å². The van der Waals surface area contributed by atoms with Gasteiger partial charge in [0.15, 0.2) is 0 Å². The quantitative estimate of drug-likeness (QED) is 0.740. The highest BCUT2D eigenvalue weighted by atomic mass is 16.5. The summed E-state index contributed by atoms with van der Waals surface area (Å²) >= 11 is 0. The highest BCUT2D eigenvalue weighted by Gasteiger charge is 2.34. The fraction of sp³-hybridized carbons (Fsp3) is 0.917. The van der Waals surface area contributed by atoms with Crippen LogP contribution in [0.2, 0.25) is 0 Å². The summed E-state index contributed by atoms with van der Waals surface area (Å²) in [4.78, 5) is 14.0. The highest BCUT2D eigenvalue weighted by molar-refractivity contribution is 5.79. The van der Waals surface area contributed by atoms with Crippen LogP contribution in [0.5, 0.6) is 0 Å². The van der Waals surface area contributed by atoms with Crippen molar-refractivity contribution in [1.29, 1.82) is 0 Å². The molecule has 0 aromatic rings. The zero-order valence-electron chi connectivity index (χ0n) is 10.3. The Morgan fingerprint density at radius 3 is 2.81 bits per heavy atom. The molecule has 0 aromatic heterocycles. The summed E-state index contributed by atoms with van der Waals surface area (Å²) < 4.78 is 5.54. The van der Waals surface area contributed by atoms with Gasteiger partial charge in [0, 0.05) is 26.3 Å². The lowest BCUT2D eigenvalue weighted by atomic mass is 9.98. The number of rotatable bonds is 6. The summed E-state index contributed by atoms with van der Waals surface area (Å²) in [6.07, 6.45) is 2.49. The van der Waals surface area contributed by atoms with Gasteiger partial charge in [0.1, 0.15) is 0 Å². The third-order valence-corrected chi connectivity index (χ3v) is 3.21. The molecule has 1 amide bonds. The number of ether oxygens (including phenoxy) is 1. The summed E-state index contributed by atoms with van der Waals surface area (Å²) in [5, 5.41) is 8.79. The van der Waals surface area contributed by atoms with Gasteiger partial charge in [-0.15, -0.1) is 0 Å². The number of nitrogens with zero attached hydrogens (tertiary/aromatic N) is 1.